The van der Waals surface area contributed by atoms with Gasteiger partial charge in [-0.3, -0.25) is 0 Å². The van der Waals surface area contributed by atoms with Crippen molar-refractivity contribution in [1.82, 2.24) is 4.90 Å². The first kappa shape index (κ1) is 26.4. The van der Waals surface area contributed by atoms with Gasteiger partial charge in [0.2, 0.25) is 0 Å². The van der Waals surface area contributed by atoms with Crippen LogP contribution in [0.1, 0.15) is 49.2 Å². The highest BCUT2D eigenvalue weighted by molar-refractivity contribution is 7.99. The van der Waals surface area contributed by atoms with Crippen LogP contribution >= 0.6 is 11.8 Å². The Morgan fingerprint density at radius 1 is 0.829 bits per heavy atom. The summed E-state index contributed by atoms with van der Waals surface area (Å²) in [4.78, 5) is 28.5. The molecule has 5 nitrogen and oxygen atoms in total. The monoisotopic (exact) mass is 491 g/mol. The van der Waals surface area contributed by atoms with Crippen molar-refractivity contribution in [3.8, 4) is 0 Å². The van der Waals surface area contributed by atoms with E-state index in [9.17, 15) is 9.59 Å². The number of ether oxygens (including phenoxy) is 2. The van der Waals surface area contributed by atoms with Crippen molar-refractivity contribution in [1.29, 1.82) is 0 Å². The van der Waals surface area contributed by atoms with Gasteiger partial charge < -0.3 is 14.4 Å². The normalized spacial score (nSPS) is 11.1. The van der Waals surface area contributed by atoms with Crippen molar-refractivity contribution >= 4 is 23.8 Å². The summed E-state index contributed by atoms with van der Waals surface area (Å²) in [5.74, 6) is -0.305. The Bertz CT molecular complexity index is 1090. The van der Waals surface area contributed by atoms with Crippen molar-refractivity contribution in [2.24, 2.45) is 0 Å². The number of carbonyl (C=O) groups is 2. The van der Waals surface area contributed by atoms with Crippen molar-refractivity contribution in [2.75, 3.05) is 13.2 Å². The van der Waals surface area contributed by atoms with E-state index < -0.39 is 5.60 Å². The Labute approximate surface area is 212 Å². The summed E-state index contributed by atoms with van der Waals surface area (Å²) >= 11 is 1.63. The maximum Gasteiger partial charge on any atom is 0.410 e. The third kappa shape index (κ3) is 8.80. The molecule has 0 N–H and O–H groups in total. The first-order valence-electron chi connectivity index (χ1n) is 11.8. The van der Waals surface area contributed by atoms with Gasteiger partial charge in [0.15, 0.2) is 0 Å². The summed E-state index contributed by atoms with van der Waals surface area (Å²) in [6.45, 7) is 8.87. The van der Waals surface area contributed by atoms with E-state index in [2.05, 4.69) is 24.3 Å². The van der Waals surface area contributed by atoms with Gasteiger partial charge in [-0.05, 0) is 81.6 Å². The molecule has 0 unspecified atom stereocenters. The van der Waals surface area contributed by atoms with E-state index in [1.807, 2.05) is 63.2 Å². The third-order valence-corrected chi connectivity index (χ3v) is 6.08. The fourth-order valence-corrected chi connectivity index (χ4v) is 4.18. The highest BCUT2D eigenvalue weighted by atomic mass is 32.2. The summed E-state index contributed by atoms with van der Waals surface area (Å²) in [5.41, 5.74) is 2.23. The van der Waals surface area contributed by atoms with Crippen LogP contribution in [0, 0.1) is 0 Å². The number of hydrogen-bond acceptors (Lipinski definition) is 5. The second-order valence-electron chi connectivity index (χ2n) is 9.13. The first-order chi connectivity index (χ1) is 16.7. The maximum absolute atomic E-state index is 12.8. The molecule has 6 heteroatoms. The van der Waals surface area contributed by atoms with Crippen molar-refractivity contribution < 1.29 is 19.1 Å². The molecule has 0 aliphatic rings. The molecule has 35 heavy (non-hydrogen) atoms. The average Bonchev–Trinajstić information content (AvgIpc) is 2.83. The van der Waals surface area contributed by atoms with Gasteiger partial charge in [0.05, 0.1) is 12.2 Å². The molecule has 3 rings (SSSR count). The summed E-state index contributed by atoms with van der Waals surface area (Å²) < 4.78 is 10.7. The Kier molecular flexibility index (Phi) is 9.38. The van der Waals surface area contributed by atoms with E-state index >= 15 is 0 Å². The molecule has 3 aromatic carbocycles. The van der Waals surface area contributed by atoms with Crippen LogP contribution in [0.15, 0.2) is 88.7 Å². The zero-order valence-corrected chi connectivity index (χ0v) is 21.6. The van der Waals surface area contributed by atoms with Gasteiger partial charge in [0.25, 0.3) is 0 Å². The molecule has 1 amide bonds. The highest BCUT2D eigenvalue weighted by Crippen LogP contribution is 2.28. The molecule has 0 aliphatic carbocycles. The molecule has 3 aromatic rings. The van der Waals surface area contributed by atoms with Crippen LogP contribution in [-0.4, -0.2) is 35.7 Å². The number of carbonyl (C=O) groups excluding carboxylic acids is 2. The molecule has 0 spiro atoms. The van der Waals surface area contributed by atoms with Gasteiger partial charge in [-0.25, -0.2) is 9.59 Å². The number of rotatable bonds is 9. The lowest BCUT2D eigenvalue weighted by molar-refractivity contribution is 0.0235. The molecule has 0 aliphatic heterocycles. The Hall–Kier alpha value is -3.25. The SMILES string of the molecule is CCOC(=O)c1ccc(Sc2ccc(CCN(Cc3ccccc3)C(=O)OC(C)(C)C)cc2)cc1. The lowest BCUT2D eigenvalue weighted by Crippen LogP contribution is -2.37. The van der Waals surface area contributed by atoms with Crippen LogP contribution in [-0.2, 0) is 22.4 Å². The predicted octanol–water partition coefficient (Wildman–Crippen LogP) is 6.99. The quantitative estimate of drug-likeness (QED) is 0.302. The molecule has 0 bridgehead atoms. The minimum atomic E-state index is -0.542. The van der Waals surface area contributed by atoms with Crippen LogP contribution < -0.4 is 0 Å². The lowest BCUT2D eigenvalue weighted by atomic mass is 10.1. The van der Waals surface area contributed by atoms with Crippen LogP contribution in [0.2, 0.25) is 0 Å². The minimum Gasteiger partial charge on any atom is -0.462 e. The second kappa shape index (κ2) is 12.5. The van der Waals surface area contributed by atoms with Crippen LogP contribution in [0.4, 0.5) is 4.79 Å². The third-order valence-electron chi connectivity index (χ3n) is 5.06. The minimum absolute atomic E-state index is 0.305. The Morgan fingerprint density at radius 2 is 1.43 bits per heavy atom. The van der Waals surface area contributed by atoms with E-state index in [4.69, 9.17) is 9.47 Å². The van der Waals surface area contributed by atoms with Crippen molar-refractivity contribution in [3.05, 3.63) is 95.6 Å². The van der Waals surface area contributed by atoms with Gasteiger partial charge in [-0.15, -0.1) is 0 Å². The summed E-state index contributed by atoms with van der Waals surface area (Å²) in [7, 11) is 0. The maximum atomic E-state index is 12.8. The molecule has 0 atom stereocenters. The van der Waals surface area contributed by atoms with Crippen molar-refractivity contribution in [3.63, 3.8) is 0 Å². The van der Waals surface area contributed by atoms with Gasteiger partial charge in [-0.2, -0.15) is 0 Å². The number of esters is 1. The number of amides is 1. The molecule has 0 saturated heterocycles. The largest absolute Gasteiger partial charge is 0.462 e. The molecular weight excluding hydrogens is 458 g/mol. The Balaban J connectivity index is 1.60. The van der Waals surface area contributed by atoms with Crippen LogP contribution in [0.3, 0.4) is 0 Å². The van der Waals surface area contributed by atoms with E-state index in [0.717, 1.165) is 27.3 Å². The fraction of sp³-hybridized carbons (Fsp3) is 0.310. The number of hydrogen-bond donors (Lipinski definition) is 0. The summed E-state index contributed by atoms with van der Waals surface area (Å²) in [6, 6.07) is 25.7. The van der Waals surface area contributed by atoms with Gasteiger partial charge in [-0.1, -0.05) is 54.2 Å². The molecule has 0 fully saturated rings. The molecule has 184 valence electrons. The fourth-order valence-electron chi connectivity index (χ4n) is 3.36. The van der Waals surface area contributed by atoms with E-state index in [1.54, 1.807) is 35.7 Å². The number of benzene rings is 3. The summed E-state index contributed by atoms with van der Waals surface area (Å²) in [6.07, 6.45) is 0.422. The molecule has 0 aromatic heterocycles. The molecule has 0 radical (unpaired) electrons. The smallest absolute Gasteiger partial charge is 0.410 e. The number of nitrogens with zero attached hydrogens (tertiary/aromatic N) is 1. The van der Waals surface area contributed by atoms with Crippen LogP contribution in [0.5, 0.6) is 0 Å². The van der Waals surface area contributed by atoms with E-state index in [0.29, 0.717) is 25.3 Å². The van der Waals surface area contributed by atoms with Crippen LogP contribution in [0.25, 0.3) is 0 Å². The first-order valence-corrected chi connectivity index (χ1v) is 12.6. The average molecular weight is 492 g/mol. The predicted molar refractivity (Wildman–Crippen MR) is 140 cm³/mol. The highest BCUT2D eigenvalue weighted by Gasteiger charge is 2.22. The van der Waals surface area contributed by atoms with Gasteiger partial charge in [0.1, 0.15) is 5.60 Å². The van der Waals surface area contributed by atoms with E-state index in [1.165, 1.54) is 0 Å². The zero-order chi connectivity index (χ0) is 25.3. The van der Waals surface area contributed by atoms with Crippen molar-refractivity contribution in [2.45, 2.75) is 56.1 Å². The zero-order valence-electron chi connectivity index (χ0n) is 20.8. The lowest BCUT2D eigenvalue weighted by Gasteiger charge is -2.27. The van der Waals surface area contributed by atoms with E-state index in [-0.39, 0.29) is 12.1 Å². The standard InChI is InChI=1S/C29H33NO4S/c1-5-33-27(31)24-13-17-26(18-14-24)35-25-15-11-22(12-16-25)19-20-30(28(32)34-29(2,3)4)21-23-9-7-6-8-10-23/h6-18H,5,19-21H2,1-4H3. The topological polar surface area (TPSA) is 55.8 Å². The second-order valence-corrected chi connectivity index (χ2v) is 10.3. The molecule has 0 heterocycles. The summed E-state index contributed by atoms with van der Waals surface area (Å²) in [5, 5.41) is 0. The van der Waals surface area contributed by atoms with Gasteiger partial charge >= 0.3 is 12.1 Å². The molecule has 0 saturated carbocycles. The molecular formula is C29H33NO4S. The Morgan fingerprint density at radius 3 is 2.00 bits per heavy atom. The van der Waals surface area contributed by atoms with Gasteiger partial charge in [0, 0.05) is 22.9 Å².